The molecule has 0 rings (SSSR count). The minimum atomic E-state index is -0.738. The quantitative estimate of drug-likeness (QED) is 0.0722. The third-order valence-electron chi connectivity index (χ3n) is 6.73. The molecule has 0 bridgehead atoms. The van der Waals surface area contributed by atoms with Crippen molar-refractivity contribution >= 4 is 23.5 Å². The first kappa shape index (κ1) is 33.5. The van der Waals surface area contributed by atoms with E-state index in [2.05, 4.69) is 18.6 Å². The van der Waals surface area contributed by atoms with E-state index >= 15 is 0 Å². The number of unbranched alkanes of at least 4 members (excludes halogenated alkanes) is 16. The van der Waals surface area contributed by atoms with Gasteiger partial charge in [0, 0.05) is 26.2 Å². The lowest BCUT2D eigenvalue weighted by molar-refractivity contribution is -0.158. The number of carbonyl (C=O) groups is 4. The van der Waals surface area contributed by atoms with Gasteiger partial charge >= 0.3 is 11.9 Å². The van der Waals surface area contributed by atoms with Crippen LogP contribution in [-0.2, 0) is 23.9 Å². The molecule has 0 saturated heterocycles. The van der Waals surface area contributed by atoms with Crippen molar-refractivity contribution in [1.82, 2.24) is 0 Å². The van der Waals surface area contributed by atoms with Gasteiger partial charge in [0.2, 0.25) is 0 Å². The molecular formula is C30H54O5. The summed E-state index contributed by atoms with van der Waals surface area (Å²) in [6.45, 7) is 5.62. The van der Waals surface area contributed by atoms with Crippen LogP contribution in [0.2, 0.25) is 0 Å². The van der Waals surface area contributed by atoms with Crippen molar-refractivity contribution in [2.75, 3.05) is 0 Å². The molecule has 0 spiro atoms. The SMILES string of the molecule is CCCCCCCCCCCC(=O)C(CCC(=O)OC(C)=O)C(=O)CCCCCCCCCCC. The van der Waals surface area contributed by atoms with Crippen LogP contribution >= 0.6 is 0 Å². The summed E-state index contributed by atoms with van der Waals surface area (Å²) >= 11 is 0. The standard InChI is InChI=1S/C30H54O5/c1-4-6-8-10-12-14-16-18-20-22-28(32)27(24-25-30(34)35-26(3)31)29(33)23-21-19-17-15-13-11-9-7-5-2/h27H,4-25H2,1-3H3. The van der Waals surface area contributed by atoms with E-state index in [-0.39, 0.29) is 24.4 Å². The molecule has 204 valence electrons. The zero-order valence-electron chi connectivity index (χ0n) is 23.2. The predicted molar refractivity (Wildman–Crippen MR) is 143 cm³/mol. The van der Waals surface area contributed by atoms with Gasteiger partial charge in [0.15, 0.2) is 0 Å². The highest BCUT2D eigenvalue weighted by atomic mass is 16.6. The van der Waals surface area contributed by atoms with E-state index in [1.165, 1.54) is 84.0 Å². The summed E-state index contributed by atoms with van der Waals surface area (Å²) in [5.41, 5.74) is 0. The van der Waals surface area contributed by atoms with E-state index in [4.69, 9.17) is 0 Å². The van der Waals surface area contributed by atoms with Gasteiger partial charge in [0.05, 0.1) is 5.92 Å². The number of ether oxygens (including phenoxy) is 1. The van der Waals surface area contributed by atoms with Gasteiger partial charge in [-0.25, -0.2) is 0 Å². The van der Waals surface area contributed by atoms with Crippen LogP contribution in [0.4, 0.5) is 0 Å². The highest BCUT2D eigenvalue weighted by molar-refractivity contribution is 6.02. The summed E-state index contributed by atoms with van der Waals surface area (Å²) in [7, 11) is 0. The Hall–Kier alpha value is -1.52. The Bertz CT molecular complexity index is 535. The van der Waals surface area contributed by atoms with Crippen LogP contribution in [0, 0.1) is 5.92 Å². The van der Waals surface area contributed by atoms with Crippen molar-refractivity contribution < 1.29 is 23.9 Å². The fourth-order valence-corrected chi connectivity index (χ4v) is 4.54. The third kappa shape index (κ3) is 21.5. The minimum Gasteiger partial charge on any atom is -0.393 e. The Labute approximate surface area is 215 Å². The molecule has 0 aromatic heterocycles. The van der Waals surface area contributed by atoms with Gasteiger partial charge in [-0.15, -0.1) is 0 Å². The molecule has 0 aliphatic rings. The first-order chi connectivity index (χ1) is 16.9. The lowest BCUT2D eigenvalue weighted by Gasteiger charge is -2.14. The molecule has 0 unspecified atom stereocenters. The van der Waals surface area contributed by atoms with E-state index in [1.54, 1.807) is 0 Å². The molecule has 0 N–H and O–H groups in total. The van der Waals surface area contributed by atoms with E-state index in [9.17, 15) is 19.2 Å². The van der Waals surface area contributed by atoms with Gasteiger partial charge < -0.3 is 4.74 Å². The Kier molecular flexibility index (Phi) is 23.1. The van der Waals surface area contributed by atoms with Crippen LogP contribution < -0.4 is 0 Å². The average molecular weight is 495 g/mol. The van der Waals surface area contributed by atoms with Gasteiger partial charge in [-0.3, -0.25) is 19.2 Å². The maximum atomic E-state index is 12.8. The molecule has 0 aliphatic heterocycles. The smallest absolute Gasteiger partial charge is 0.313 e. The van der Waals surface area contributed by atoms with Gasteiger partial charge in [0.1, 0.15) is 11.6 Å². The Morgan fingerprint density at radius 2 is 0.857 bits per heavy atom. The number of rotatable bonds is 25. The maximum Gasteiger partial charge on any atom is 0.313 e. The summed E-state index contributed by atoms with van der Waals surface area (Å²) in [4.78, 5) is 48.5. The lowest BCUT2D eigenvalue weighted by atomic mass is 9.88. The van der Waals surface area contributed by atoms with Crippen LogP contribution in [-0.4, -0.2) is 23.5 Å². The van der Waals surface area contributed by atoms with E-state index in [0.29, 0.717) is 12.8 Å². The van der Waals surface area contributed by atoms with Crippen molar-refractivity contribution in [1.29, 1.82) is 0 Å². The molecule has 0 amide bonds. The van der Waals surface area contributed by atoms with Crippen LogP contribution in [0.5, 0.6) is 0 Å². The highest BCUT2D eigenvalue weighted by Crippen LogP contribution is 2.19. The van der Waals surface area contributed by atoms with Crippen molar-refractivity contribution in [3.8, 4) is 0 Å². The average Bonchev–Trinajstić information content (AvgIpc) is 2.81. The number of ketones is 2. The second-order valence-corrected chi connectivity index (χ2v) is 10.1. The number of carbonyl (C=O) groups excluding carboxylic acids is 4. The second-order valence-electron chi connectivity index (χ2n) is 10.1. The molecule has 0 aliphatic carbocycles. The molecule has 0 fully saturated rings. The first-order valence-corrected chi connectivity index (χ1v) is 14.7. The van der Waals surface area contributed by atoms with Crippen LogP contribution in [0.25, 0.3) is 0 Å². The zero-order valence-corrected chi connectivity index (χ0v) is 23.2. The Morgan fingerprint density at radius 3 is 1.20 bits per heavy atom. The van der Waals surface area contributed by atoms with Crippen molar-refractivity contribution in [3.05, 3.63) is 0 Å². The molecule has 0 atom stereocenters. The maximum absolute atomic E-state index is 12.8. The number of hydrogen-bond acceptors (Lipinski definition) is 5. The number of Topliss-reactive ketones (excluding diaryl/α,β-unsaturated/α-hetero) is 2. The zero-order chi connectivity index (χ0) is 26.2. The molecule has 5 nitrogen and oxygen atoms in total. The fourth-order valence-electron chi connectivity index (χ4n) is 4.54. The summed E-state index contributed by atoms with van der Waals surface area (Å²) < 4.78 is 4.58. The van der Waals surface area contributed by atoms with Crippen LogP contribution in [0.15, 0.2) is 0 Å². The third-order valence-corrected chi connectivity index (χ3v) is 6.73. The molecule has 0 aromatic carbocycles. The second kappa shape index (κ2) is 24.2. The summed E-state index contributed by atoms with van der Waals surface area (Å²) in [6.07, 6.45) is 22.0. The molecule has 5 heteroatoms. The molecule has 35 heavy (non-hydrogen) atoms. The van der Waals surface area contributed by atoms with Gasteiger partial charge in [-0.05, 0) is 19.3 Å². The Balaban J connectivity index is 4.34. The topological polar surface area (TPSA) is 77.5 Å². The Morgan fingerprint density at radius 1 is 0.514 bits per heavy atom. The number of esters is 2. The molecule has 0 aromatic rings. The van der Waals surface area contributed by atoms with E-state index in [0.717, 1.165) is 38.5 Å². The van der Waals surface area contributed by atoms with Gasteiger partial charge in [0.25, 0.3) is 0 Å². The van der Waals surface area contributed by atoms with Crippen molar-refractivity contribution in [2.45, 2.75) is 162 Å². The first-order valence-electron chi connectivity index (χ1n) is 14.7. The van der Waals surface area contributed by atoms with Crippen LogP contribution in [0.3, 0.4) is 0 Å². The summed E-state index contributed by atoms with van der Waals surface area (Å²) in [6, 6.07) is 0. The predicted octanol–water partition coefficient (Wildman–Crippen LogP) is 8.45. The van der Waals surface area contributed by atoms with Crippen molar-refractivity contribution in [3.63, 3.8) is 0 Å². The highest BCUT2D eigenvalue weighted by Gasteiger charge is 2.26. The largest absolute Gasteiger partial charge is 0.393 e. The molecular weight excluding hydrogens is 440 g/mol. The summed E-state index contributed by atoms with van der Waals surface area (Å²) in [5.74, 6) is -2.16. The van der Waals surface area contributed by atoms with Gasteiger partial charge in [-0.2, -0.15) is 0 Å². The number of hydrogen-bond donors (Lipinski definition) is 0. The lowest BCUT2D eigenvalue weighted by Crippen LogP contribution is -2.25. The molecule has 0 radical (unpaired) electrons. The van der Waals surface area contributed by atoms with Gasteiger partial charge in [-0.1, -0.05) is 117 Å². The monoisotopic (exact) mass is 494 g/mol. The van der Waals surface area contributed by atoms with Crippen molar-refractivity contribution in [2.24, 2.45) is 5.92 Å². The minimum absolute atomic E-state index is 0.0514. The molecule has 0 heterocycles. The molecule has 0 saturated carbocycles. The normalized spacial score (nSPS) is 11.1. The van der Waals surface area contributed by atoms with E-state index in [1.807, 2.05) is 0 Å². The summed E-state index contributed by atoms with van der Waals surface area (Å²) in [5, 5.41) is 0. The fraction of sp³-hybridized carbons (Fsp3) is 0.867. The van der Waals surface area contributed by atoms with Crippen LogP contribution in [0.1, 0.15) is 162 Å². The van der Waals surface area contributed by atoms with E-state index < -0.39 is 17.9 Å².